The maximum Gasteiger partial charge on any atom is 0.321 e. The first-order chi connectivity index (χ1) is 12.9. The summed E-state index contributed by atoms with van der Waals surface area (Å²) >= 11 is 0. The van der Waals surface area contributed by atoms with Gasteiger partial charge < -0.3 is 15.1 Å². The number of hydrogen-bond acceptors (Lipinski definition) is 2. The van der Waals surface area contributed by atoms with Gasteiger partial charge in [-0.2, -0.15) is 0 Å². The molecule has 0 aromatic heterocycles. The molecule has 0 saturated carbocycles. The molecule has 27 heavy (non-hydrogen) atoms. The predicted molar refractivity (Wildman–Crippen MR) is 99.2 cm³/mol. The van der Waals surface area contributed by atoms with Crippen molar-refractivity contribution in [2.75, 3.05) is 25.5 Å². The summed E-state index contributed by atoms with van der Waals surface area (Å²) in [7, 11) is 1.69. The van der Waals surface area contributed by atoms with Gasteiger partial charge in [-0.1, -0.05) is 19.1 Å². The van der Waals surface area contributed by atoms with Gasteiger partial charge in [-0.05, 0) is 35.4 Å². The second-order valence-electron chi connectivity index (χ2n) is 6.58. The van der Waals surface area contributed by atoms with Gasteiger partial charge in [0.05, 0.1) is 6.04 Å². The lowest BCUT2D eigenvalue weighted by Gasteiger charge is -2.43. The van der Waals surface area contributed by atoms with Crippen LogP contribution in [0.4, 0.5) is 19.3 Å². The van der Waals surface area contributed by atoms with Crippen molar-refractivity contribution in [2.45, 2.75) is 19.4 Å². The Balaban J connectivity index is 1.59. The third kappa shape index (κ3) is 4.24. The van der Waals surface area contributed by atoms with E-state index in [1.807, 2.05) is 6.92 Å². The van der Waals surface area contributed by atoms with E-state index in [1.54, 1.807) is 41.1 Å². The number of likely N-dealkylation sites (tertiary alicyclic amines) is 1. The number of nitrogens with one attached hydrogen (secondary N) is 1. The van der Waals surface area contributed by atoms with Crippen molar-refractivity contribution in [3.63, 3.8) is 0 Å². The first-order valence-corrected chi connectivity index (χ1v) is 8.75. The molecule has 7 heteroatoms. The molecule has 0 unspecified atom stereocenters. The second-order valence-corrected chi connectivity index (χ2v) is 6.58. The summed E-state index contributed by atoms with van der Waals surface area (Å²) in [5.41, 5.74) is 1.65. The van der Waals surface area contributed by atoms with Gasteiger partial charge in [0, 0.05) is 38.3 Å². The van der Waals surface area contributed by atoms with Crippen LogP contribution in [0.5, 0.6) is 0 Å². The Kier molecular flexibility index (Phi) is 5.39. The van der Waals surface area contributed by atoms with E-state index in [1.165, 1.54) is 12.1 Å². The molecule has 1 aliphatic heterocycles. The Morgan fingerprint density at radius 3 is 2.22 bits per heavy atom. The summed E-state index contributed by atoms with van der Waals surface area (Å²) in [6.07, 6.45) is 0.462. The monoisotopic (exact) mass is 373 g/mol. The molecule has 0 bridgehead atoms. The van der Waals surface area contributed by atoms with Crippen LogP contribution in [0.1, 0.15) is 13.3 Å². The first-order valence-electron chi connectivity index (χ1n) is 8.75. The van der Waals surface area contributed by atoms with Crippen LogP contribution in [0.15, 0.2) is 42.5 Å². The highest BCUT2D eigenvalue weighted by molar-refractivity contribution is 5.90. The van der Waals surface area contributed by atoms with Crippen LogP contribution >= 0.6 is 0 Å². The number of carbonyl (C=O) groups excluding carboxylic acids is 2. The van der Waals surface area contributed by atoms with Gasteiger partial charge >= 0.3 is 6.03 Å². The van der Waals surface area contributed by atoms with Crippen LogP contribution < -0.4 is 5.32 Å². The van der Waals surface area contributed by atoms with Gasteiger partial charge in [0.15, 0.2) is 0 Å². The quantitative estimate of drug-likeness (QED) is 0.888. The highest BCUT2D eigenvalue weighted by atomic mass is 19.1. The molecular weight excluding hydrogens is 352 g/mol. The van der Waals surface area contributed by atoms with E-state index in [0.717, 1.165) is 6.07 Å². The van der Waals surface area contributed by atoms with Gasteiger partial charge in [0.2, 0.25) is 5.91 Å². The van der Waals surface area contributed by atoms with Gasteiger partial charge in [0.25, 0.3) is 0 Å². The van der Waals surface area contributed by atoms with Crippen molar-refractivity contribution in [2.24, 2.45) is 0 Å². The van der Waals surface area contributed by atoms with Crippen molar-refractivity contribution in [1.29, 1.82) is 0 Å². The van der Waals surface area contributed by atoms with E-state index in [-0.39, 0.29) is 18.0 Å². The third-order valence-electron chi connectivity index (χ3n) is 4.72. The van der Waals surface area contributed by atoms with Crippen LogP contribution in [0, 0.1) is 11.6 Å². The average molecular weight is 373 g/mol. The molecule has 1 heterocycles. The van der Waals surface area contributed by atoms with Crippen LogP contribution in [0.25, 0.3) is 11.1 Å². The lowest BCUT2D eigenvalue weighted by atomic mass is 10.1. The zero-order valence-corrected chi connectivity index (χ0v) is 15.2. The maximum absolute atomic E-state index is 13.3. The molecule has 1 saturated heterocycles. The Hall–Kier alpha value is -2.96. The Morgan fingerprint density at radius 2 is 1.67 bits per heavy atom. The van der Waals surface area contributed by atoms with Gasteiger partial charge in [-0.25, -0.2) is 13.6 Å². The molecule has 0 spiro atoms. The van der Waals surface area contributed by atoms with Crippen LogP contribution in [0.3, 0.4) is 0 Å². The van der Waals surface area contributed by atoms with E-state index >= 15 is 0 Å². The molecule has 0 atom stereocenters. The molecule has 1 fully saturated rings. The number of benzene rings is 2. The minimum atomic E-state index is -0.639. The molecule has 1 N–H and O–H groups in total. The van der Waals surface area contributed by atoms with Crippen LogP contribution in [0.2, 0.25) is 0 Å². The van der Waals surface area contributed by atoms with Gasteiger partial charge in [-0.15, -0.1) is 0 Å². The van der Waals surface area contributed by atoms with E-state index in [2.05, 4.69) is 5.32 Å². The van der Waals surface area contributed by atoms with E-state index in [4.69, 9.17) is 0 Å². The lowest BCUT2D eigenvalue weighted by Crippen LogP contribution is -2.61. The van der Waals surface area contributed by atoms with Gasteiger partial charge in [0.1, 0.15) is 11.6 Å². The number of nitrogens with zero attached hydrogens (tertiary/aromatic N) is 2. The standard InChI is InChI=1S/C20H21F2N3O2/c1-3-19(26)25-11-18(12-25)24(2)20(27)23-17-6-4-13(5-7-17)14-8-15(21)10-16(22)9-14/h4-10,18H,3,11-12H2,1-2H3,(H,23,27). The van der Waals surface area contributed by atoms with Crippen molar-refractivity contribution in [1.82, 2.24) is 9.80 Å². The molecule has 3 rings (SSSR count). The van der Waals surface area contributed by atoms with Crippen molar-refractivity contribution >= 4 is 17.6 Å². The molecule has 2 aromatic carbocycles. The zero-order valence-electron chi connectivity index (χ0n) is 15.2. The predicted octanol–water partition coefficient (Wildman–Crippen LogP) is 3.72. The minimum Gasteiger partial charge on any atom is -0.338 e. The molecule has 142 valence electrons. The number of urea groups is 1. The number of amides is 3. The average Bonchev–Trinajstić information content (AvgIpc) is 2.59. The number of carbonyl (C=O) groups is 2. The highest BCUT2D eigenvalue weighted by Crippen LogP contribution is 2.24. The number of likely N-dealkylation sites (N-methyl/N-ethyl adjacent to an activating group) is 1. The fourth-order valence-corrected chi connectivity index (χ4v) is 2.97. The molecule has 0 radical (unpaired) electrons. The van der Waals surface area contributed by atoms with Crippen molar-refractivity contribution in [3.05, 3.63) is 54.1 Å². The molecule has 5 nitrogen and oxygen atoms in total. The topological polar surface area (TPSA) is 52.7 Å². The van der Waals surface area contributed by atoms with Crippen molar-refractivity contribution in [3.8, 4) is 11.1 Å². The highest BCUT2D eigenvalue weighted by Gasteiger charge is 2.34. The molecule has 1 aliphatic rings. The van der Waals surface area contributed by atoms with Gasteiger partial charge in [-0.3, -0.25) is 4.79 Å². The van der Waals surface area contributed by atoms with E-state index in [0.29, 0.717) is 36.3 Å². The molecule has 0 aliphatic carbocycles. The Labute approximate surface area is 156 Å². The maximum atomic E-state index is 13.3. The van der Waals surface area contributed by atoms with Crippen molar-refractivity contribution < 1.29 is 18.4 Å². The summed E-state index contributed by atoms with van der Waals surface area (Å²) in [5.74, 6) is -1.19. The normalized spacial score (nSPS) is 13.9. The smallest absolute Gasteiger partial charge is 0.321 e. The number of rotatable bonds is 4. The molecule has 2 aromatic rings. The summed E-state index contributed by atoms with van der Waals surface area (Å²) in [4.78, 5) is 27.2. The summed E-state index contributed by atoms with van der Waals surface area (Å²) in [5, 5.41) is 2.79. The first kappa shape index (κ1) is 18.8. The number of anilines is 1. The van der Waals surface area contributed by atoms with Crippen LogP contribution in [-0.2, 0) is 4.79 Å². The largest absolute Gasteiger partial charge is 0.338 e. The van der Waals surface area contributed by atoms with E-state index < -0.39 is 11.6 Å². The lowest BCUT2D eigenvalue weighted by molar-refractivity contribution is -0.137. The summed E-state index contributed by atoms with van der Waals surface area (Å²) < 4.78 is 26.7. The molecular formula is C20H21F2N3O2. The number of hydrogen-bond donors (Lipinski definition) is 1. The fourth-order valence-electron chi connectivity index (χ4n) is 2.97. The fraction of sp³-hybridized carbons (Fsp3) is 0.300. The second kappa shape index (κ2) is 7.73. The molecule has 3 amide bonds. The number of halogens is 2. The van der Waals surface area contributed by atoms with E-state index in [9.17, 15) is 18.4 Å². The SMILES string of the molecule is CCC(=O)N1CC(N(C)C(=O)Nc2ccc(-c3cc(F)cc(F)c3)cc2)C1. The zero-order chi connectivity index (χ0) is 19.6. The third-order valence-corrected chi connectivity index (χ3v) is 4.72. The summed E-state index contributed by atoms with van der Waals surface area (Å²) in [6.45, 7) is 2.90. The van der Waals surface area contributed by atoms with Crippen LogP contribution in [-0.4, -0.2) is 47.9 Å². The Bertz CT molecular complexity index is 829. The summed E-state index contributed by atoms with van der Waals surface area (Å²) in [6, 6.07) is 9.79. The minimum absolute atomic E-state index is 0.00459. The Morgan fingerprint density at radius 1 is 1.07 bits per heavy atom.